The Balaban J connectivity index is 1.96. The number of non-ortho nitro benzene ring substituents is 1. The maximum atomic E-state index is 12.8. The summed E-state index contributed by atoms with van der Waals surface area (Å²) in [5, 5.41) is 14.7. The van der Waals surface area contributed by atoms with Crippen LogP contribution in [0.15, 0.2) is 47.7 Å². The summed E-state index contributed by atoms with van der Waals surface area (Å²) in [6, 6.07) is 10.2. The predicted molar refractivity (Wildman–Crippen MR) is 104 cm³/mol. The number of carbonyl (C=O) groups excluding carboxylic acids is 1. The molecule has 7 heteroatoms. The van der Waals surface area contributed by atoms with E-state index >= 15 is 0 Å². The fourth-order valence-corrected chi connectivity index (χ4v) is 4.05. The van der Waals surface area contributed by atoms with E-state index in [9.17, 15) is 14.9 Å². The molecule has 4 rings (SSSR count). The number of ether oxygens (including phenoxy) is 2. The van der Waals surface area contributed by atoms with Gasteiger partial charge in [-0.25, -0.2) is 0 Å². The van der Waals surface area contributed by atoms with Crippen molar-refractivity contribution in [1.82, 2.24) is 0 Å². The molecule has 1 N–H and O–H groups in total. The molecule has 0 saturated carbocycles. The van der Waals surface area contributed by atoms with Crippen molar-refractivity contribution in [2.24, 2.45) is 0 Å². The van der Waals surface area contributed by atoms with Gasteiger partial charge in [-0.2, -0.15) is 0 Å². The number of allylic oxidation sites excluding steroid dienone is 2. The van der Waals surface area contributed by atoms with Gasteiger partial charge < -0.3 is 14.8 Å². The quantitative estimate of drug-likeness (QED) is 0.632. The Hall–Kier alpha value is -3.35. The molecule has 0 spiro atoms. The number of nitro groups is 1. The molecule has 0 radical (unpaired) electrons. The zero-order valence-electron chi connectivity index (χ0n) is 15.7. The zero-order valence-corrected chi connectivity index (χ0v) is 15.7. The monoisotopic (exact) mass is 380 g/mol. The highest BCUT2D eigenvalue weighted by atomic mass is 16.6. The largest absolute Gasteiger partial charge is 0.493 e. The number of anilines is 1. The second-order valence-electron chi connectivity index (χ2n) is 6.87. The number of nitrogens with one attached hydrogen (secondary N) is 1. The minimum Gasteiger partial charge on any atom is -0.493 e. The Morgan fingerprint density at radius 1 is 1.11 bits per heavy atom. The van der Waals surface area contributed by atoms with Gasteiger partial charge in [0.15, 0.2) is 17.3 Å². The summed E-state index contributed by atoms with van der Waals surface area (Å²) < 4.78 is 10.9. The van der Waals surface area contributed by atoms with Crippen molar-refractivity contribution in [2.75, 3.05) is 19.5 Å². The predicted octanol–water partition coefficient (Wildman–Crippen LogP) is 4.18. The lowest BCUT2D eigenvalue weighted by Crippen LogP contribution is -2.27. The van der Waals surface area contributed by atoms with Crippen LogP contribution in [0.3, 0.4) is 0 Å². The van der Waals surface area contributed by atoms with Crippen LogP contribution in [0.2, 0.25) is 0 Å². The van der Waals surface area contributed by atoms with Gasteiger partial charge in [0.05, 0.1) is 19.1 Å². The van der Waals surface area contributed by atoms with Gasteiger partial charge in [0.1, 0.15) is 0 Å². The van der Waals surface area contributed by atoms with E-state index < -0.39 is 10.8 Å². The highest BCUT2D eigenvalue weighted by Gasteiger charge is 2.36. The average molecular weight is 380 g/mol. The number of hydrogen-bond donors (Lipinski definition) is 1. The molecule has 2 aromatic carbocycles. The van der Waals surface area contributed by atoms with Crippen LogP contribution in [0.5, 0.6) is 11.5 Å². The molecule has 7 nitrogen and oxygen atoms in total. The van der Waals surface area contributed by atoms with E-state index in [4.69, 9.17) is 9.47 Å². The van der Waals surface area contributed by atoms with Crippen molar-refractivity contribution in [3.63, 3.8) is 0 Å². The molecule has 0 aromatic heterocycles. The fraction of sp³-hybridized carbons (Fsp3) is 0.286. The maximum Gasteiger partial charge on any atom is 0.269 e. The zero-order chi connectivity index (χ0) is 19.8. The molecule has 1 heterocycles. The molecular formula is C21H20N2O5. The Kier molecular flexibility index (Phi) is 4.50. The molecular weight excluding hydrogens is 360 g/mol. The number of carbonyl (C=O) groups is 1. The van der Waals surface area contributed by atoms with Crippen molar-refractivity contribution >= 4 is 17.2 Å². The third-order valence-electron chi connectivity index (χ3n) is 5.31. The summed E-state index contributed by atoms with van der Waals surface area (Å²) in [4.78, 5) is 23.7. The molecule has 0 bridgehead atoms. The van der Waals surface area contributed by atoms with Gasteiger partial charge in [-0.3, -0.25) is 14.9 Å². The van der Waals surface area contributed by atoms with Gasteiger partial charge in [-0.15, -0.1) is 0 Å². The van der Waals surface area contributed by atoms with E-state index in [-0.39, 0.29) is 11.5 Å². The van der Waals surface area contributed by atoms with Gasteiger partial charge in [-0.1, -0.05) is 12.1 Å². The van der Waals surface area contributed by atoms with E-state index in [1.54, 1.807) is 26.4 Å². The molecule has 0 saturated heterocycles. The first-order valence-electron chi connectivity index (χ1n) is 9.07. The molecule has 1 aliphatic heterocycles. The number of benzene rings is 2. The van der Waals surface area contributed by atoms with Crippen LogP contribution < -0.4 is 14.8 Å². The SMILES string of the molecule is COc1cc2c(cc1OC)[C@@H](c1cccc([N+](=O)[O-])c1)C1=C(CCCC1=O)N2. The number of fused-ring (bicyclic) bond motifs is 1. The van der Waals surface area contributed by atoms with Crippen LogP contribution in [0.4, 0.5) is 11.4 Å². The molecule has 144 valence electrons. The van der Waals surface area contributed by atoms with Gasteiger partial charge in [-0.05, 0) is 30.0 Å². The van der Waals surface area contributed by atoms with Crippen LogP contribution in [0.25, 0.3) is 0 Å². The molecule has 2 aromatic rings. The number of rotatable bonds is 4. The van der Waals surface area contributed by atoms with Gasteiger partial charge in [0.25, 0.3) is 5.69 Å². The minimum atomic E-state index is -0.419. The van der Waals surface area contributed by atoms with Crippen LogP contribution in [-0.4, -0.2) is 24.9 Å². The molecule has 28 heavy (non-hydrogen) atoms. The highest BCUT2D eigenvalue weighted by Crippen LogP contribution is 2.48. The molecule has 1 aliphatic carbocycles. The lowest BCUT2D eigenvalue weighted by molar-refractivity contribution is -0.384. The van der Waals surface area contributed by atoms with Crippen molar-refractivity contribution in [3.8, 4) is 11.5 Å². The highest BCUT2D eigenvalue weighted by molar-refractivity contribution is 6.01. The average Bonchev–Trinajstić information content (AvgIpc) is 2.71. The molecule has 0 fully saturated rings. The summed E-state index contributed by atoms with van der Waals surface area (Å²) in [7, 11) is 3.12. The van der Waals surface area contributed by atoms with Gasteiger partial charge >= 0.3 is 0 Å². The van der Waals surface area contributed by atoms with Gasteiger partial charge in [0.2, 0.25) is 0 Å². The van der Waals surface area contributed by atoms with E-state index in [2.05, 4.69) is 5.32 Å². The normalized spacial score (nSPS) is 18.1. The first-order chi connectivity index (χ1) is 13.5. The minimum absolute atomic E-state index is 0.00321. The Morgan fingerprint density at radius 2 is 1.86 bits per heavy atom. The number of ketones is 1. The summed E-state index contributed by atoms with van der Waals surface area (Å²) in [5.74, 6) is 0.813. The van der Waals surface area contributed by atoms with E-state index in [1.807, 2.05) is 18.2 Å². The van der Waals surface area contributed by atoms with Crippen molar-refractivity contribution in [1.29, 1.82) is 0 Å². The van der Waals surface area contributed by atoms with Crippen molar-refractivity contribution in [3.05, 3.63) is 68.9 Å². The van der Waals surface area contributed by atoms with Crippen molar-refractivity contribution < 1.29 is 19.2 Å². The third-order valence-corrected chi connectivity index (χ3v) is 5.31. The number of nitro benzene ring substituents is 1. The first kappa shape index (κ1) is 18.0. The first-order valence-corrected chi connectivity index (χ1v) is 9.07. The molecule has 2 aliphatic rings. The maximum absolute atomic E-state index is 12.8. The Morgan fingerprint density at radius 3 is 2.57 bits per heavy atom. The van der Waals surface area contributed by atoms with Crippen LogP contribution in [0.1, 0.15) is 36.3 Å². The van der Waals surface area contributed by atoms with E-state index in [1.165, 1.54) is 6.07 Å². The van der Waals surface area contributed by atoms with Crippen molar-refractivity contribution in [2.45, 2.75) is 25.2 Å². The van der Waals surface area contributed by atoms with Crippen LogP contribution in [0, 0.1) is 10.1 Å². The topological polar surface area (TPSA) is 90.7 Å². The summed E-state index contributed by atoms with van der Waals surface area (Å²) in [5.41, 5.74) is 3.95. The Labute approximate surface area is 162 Å². The van der Waals surface area contributed by atoms with E-state index in [0.29, 0.717) is 29.1 Å². The van der Waals surface area contributed by atoms with Crippen LogP contribution >= 0.6 is 0 Å². The molecule has 0 unspecified atom stereocenters. The molecule has 0 amide bonds. The number of nitrogens with zero attached hydrogens (tertiary/aromatic N) is 1. The lowest BCUT2D eigenvalue weighted by atomic mass is 9.75. The lowest BCUT2D eigenvalue weighted by Gasteiger charge is -2.34. The van der Waals surface area contributed by atoms with Crippen LogP contribution in [-0.2, 0) is 4.79 Å². The second-order valence-corrected chi connectivity index (χ2v) is 6.87. The summed E-state index contributed by atoms with van der Waals surface area (Å²) >= 11 is 0. The van der Waals surface area contributed by atoms with Gasteiger partial charge in [0, 0.05) is 47.5 Å². The fourth-order valence-electron chi connectivity index (χ4n) is 4.05. The standard InChI is InChI=1S/C21H20N2O5/c1-27-18-10-14-16(11-19(18)28-2)22-15-7-4-8-17(24)21(15)20(14)12-5-3-6-13(9-12)23(25)26/h3,5-6,9-11,20,22H,4,7-8H2,1-2H3/t20-/m1/s1. The van der Waals surface area contributed by atoms with E-state index in [0.717, 1.165) is 29.8 Å². The Bertz CT molecular complexity index is 1010. The number of hydrogen-bond acceptors (Lipinski definition) is 6. The smallest absolute Gasteiger partial charge is 0.269 e. The summed E-state index contributed by atoms with van der Waals surface area (Å²) in [6.45, 7) is 0. The summed E-state index contributed by atoms with van der Waals surface area (Å²) in [6.07, 6.45) is 2.03. The number of methoxy groups -OCH3 is 2. The second kappa shape index (κ2) is 6.99. The third kappa shape index (κ3) is 2.89. The molecule has 1 atom stereocenters. The number of Topliss-reactive ketones (excluding diaryl/α,β-unsaturated/α-hetero) is 1.